The van der Waals surface area contributed by atoms with E-state index in [2.05, 4.69) is 18.3 Å². The van der Waals surface area contributed by atoms with Gasteiger partial charge in [0.15, 0.2) is 0 Å². The fourth-order valence-electron chi connectivity index (χ4n) is 1.24. The van der Waals surface area contributed by atoms with Crippen molar-refractivity contribution < 1.29 is 0 Å². The monoisotopic (exact) mass is 174 g/mol. The lowest BCUT2D eigenvalue weighted by Gasteiger charge is -2.03. The van der Waals surface area contributed by atoms with Crippen molar-refractivity contribution in [1.82, 2.24) is 9.78 Å². The lowest BCUT2D eigenvalue weighted by molar-refractivity contribution is 0.860. The van der Waals surface area contributed by atoms with Crippen LogP contribution in [-0.4, -0.2) is 9.78 Å². The molecule has 0 saturated carbocycles. The Morgan fingerprint density at radius 1 is 1.46 bits per heavy atom. The molecule has 0 saturated heterocycles. The van der Waals surface area contributed by atoms with Gasteiger partial charge in [-0.05, 0) is 32.1 Å². The molecule has 68 valence electrons. The molecule has 2 nitrogen and oxygen atoms in total. The van der Waals surface area contributed by atoms with Crippen molar-refractivity contribution in [3.05, 3.63) is 48.8 Å². The zero-order valence-corrected chi connectivity index (χ0v) is 8.12. The van der Waals surface area contributed by atoms with Gasteiger partial charge in [-0.2, -0.15) is 5.10 Å². The van der Waals surface area contributed by atoms with Gasteiger partial charge >= 0.3 is 0 Å². The van der Waals surface area contributed by atoms with Gasteiger partial charge in [0.2, 0.25) is 0 Å². The number of allylic oxidation sites excluding steroid dienone is 4. The van der Waals surface area contributed by atoms with Crippen LogP contribution in [0.3, 0.4) is 0 Å². The fourth-order valence-corrected chi connectivity index (χ4v) is 1.24. The second-order valence-electron chi connectivity index (χ2n) is 2.87. The van der Waals surface area contributed by atoms with Crippen LogP contribution in [0.2, 0.25) is 0 Å². The number of hydrogen-bond donors (Lipinski definition) is 0. The van der Waals surface area contributed by atoms with E-state index >= 15 is 0 Å². The third-order valence-corrected chi connectivity index (χ3v) is 1.75. The van der Waals surface area contributed by atoms with Crippen LogP contribution in [0.15, 0.2) is 37.5 Å². The van der Waals surface area contributed by atoms with E-state index in [4.69, 9.17) is 0 Å². The zero-order chi connectivity index (χ0) is 9.84. The number of rotatable bonds is 3. The molecule has 0 fully saturated rings. The van der Waals surface area contributed by atoms with Crippen LogP contribution in [0, 0.1) is 13.8 Å². The van der Waals surface area contributed by atoms with Gasteiger partial charge in [-0.1, -0.05) is 19.2 Å². The number of nitrogens with zero attached hydrogens (tertiary/aromatic N) is 2. The summed E-state index contributed by atoms with van der Waals surface area (Å²) in [6, 6.07) is 2.03. The lowest BCUT2D eigenvalue weighted by atomic mass is 10.3. The summed E-state index contributed by atoms with van der Waals surface area (Å²) in [6.45, 7) is 11.4. The SMILES string of the molecule is C=C/C=C(\C=C)n1nc(C)cc1C. The third kappa shape index (κ3) is 1.96. The normalized spacial score (nSPS) is 11.4. The highest BCUT2D eigenvalue weighted by Gasteiger charge is 2.01. The van der Waals surface area contributed by atoms with Crippen LogP contribution in [0.5, 0.6) is 0 Å². The molecule has 0 aliphatic carbocycles. The maximum absolute atomic E-state index is 4.33. The van der Waals surface area contributed by atoms with Crippen LogP contribution in [-0.2, 0) is 0 Å². The molecule has 0 amide bonds. The van der Waals surface area contributed by atoms with E-state index in [0.717, 1.165) is 17.1 Å². The first-order chi connectivity index (χ1) is 6.19. The average molecular weight is 174 g/mol. The van der Waals surface area contributed by atoms with Gasteiger partial charge in [0.05, 0.1) is 11.4 Å². The number of aryl methyl sites for hydroxylation is 2. The largest absolute Gasteiger partial charge is 0.238 e. The van der Waals surface area contributed by atoms with Crippen LogP contribution in [0.4, 0.5) is 0 Å². The van der Waals surface area contributed by atoms with Gasteiger partial charge < -0.3 is 0 Å². The molecule has 1 aromatic rings. The Balaban J connectivity index is 3.18. The zero-order valence-electron chi connectivity index (χ0n) is 8.12. The summed E-state index contributed by atoms with van der Waals surface area (Å²) in [5, 5.41) is 4.33. The molecule has 0 spiro atoms. The first-order valence-corrected chi connectivity index (χ1v) is 4.18. The third-order valence-electron chi connectivity index (χ3n) is 1.75. The molecule has 0 atom stereocenters. The highest BCUT2D eigenvalue weighted by Crippen LogP contribution is 2.10. The molecule has 13 heavy (non-hydrogen) atoms. The van der Waals surface area contributed by atoms with Crippen LogP contribution in [0.25, 0.3) is 5.70 Å². The lowest BCUT2D eigenvalue weighted by Crippen LogP contribution is -1.98. The van der Waals surface area contributed by atoms with Gasteiger partial charge in [0.1, 0.15) is 0 Å². The van der Waals surface area contributed by atoms with Crippen molar-refractivity contribution in [2.45, 2.75) is 13.8 Å². The van der Waals surface area contributed by atoms with E-state index in [1.807, 2.05) is 30.7 Å². The van der Waals surface area contributed by atoms with Crippen molar-refractivity contribution >= 4 is 5.70 Å². The van der Waals surface area contributed by atoms with E-state index < -0.39 is 0 Å². The van der Waals surface area contributed by atoms with Gasteiger partial charge in [-0.3, -0.25) is 0 Å². The van der Waals surface area contributed by atoms with Gasteiger partial charge in [0, 0.05) is 5.69 Å². The number of hydrogen-bond acceptors (Lipinski definition) is 1. The first-order valence-electron chi connectivity index (χ1n) is 4.18. The molecular weight excluding hydrogens is 160 g/mol. The second-order valence-corrected chi connectivity index (χ2v) is 2.87. The molecule has 0 aliphatic rings. The predicted molar refractivity (Wildman–Crippen MR) is 56.4 cm³/mol. The maximum atomic E-state index is 4.33. The van der Waals surface area contributed by atoms with E-state index in [-0.39, 0.29) is 0 Å². The molecule has 2 heteroatoms. The summed E-state index contributed by atoms with van der Waals surface area (Å²) in [6.07, 6.45) is 5.38. The molecule has 0 N–H and O–H groups in total. The van der Waals surface area contributed by atoms with E-state index in [9.17, 15) is 0 Å². The summed E-state index contributed by atoms with van der Waals surface area (Å²) < 4.78 is 1.85. The molecule has 1 heterocycles. The van der Waals surface area contributed by atoms with Crippen LogP contribution in [0.1, 0.15) is 11.4 Å². The summed E-state index contributed by atoms with van der Waals surface area (Å²) >= 11 is 0. The fraction of sp³-hybridized carbons (Fsp3) is 0.182. The Bertz CT molecular complexity index is 356. The topological polar surface area (TPSA) is 17.8 Å². The molecular formula is C11H14N2. The minimum atomic E-state index is 0.945. The highest BCUT2D eigenvalue weighted by atomic mass is 15.3. The molecule has 1 rings (SSSR count). The van der Waals surface area contributed by atoms with Crippen molar-refractivity contribution in [2.24, 2.45) is 0 Å². The quantitative estimate of drug-likeness (QED) is 0.644. The molecule has 0 unspecified atom stereocenters. The molecule has 0 bridgehead atoms. The molecule has 0 aliphatic heterocycles. The Morgan fingerprint density at radius 3 is 2.54 bits per heavy atom. The Hall–Kier alpha value is -1.57. The van der Waals surface area contributed by atoms with E-state index in [1.165, 1.54) is 0 Å². The Morgan fingerprint density at radius 2 is 2.15 bits per heavy atom. The van der Waals surface area contributed by atoms with Crippen LogP contribution < -0.4 is 0 Å². The van der Waals surface area contributed by atoms with Gasteiger partial charge in [0.25, 0.3) is 0 Å². The van der Waals surface area contributed by atoms with Gasteiger partial charge in [-0.25, -0.2) is 4.68 Å². The Kier molecular flexibility index (Phi) is 2.85. The highest BCUT2D eigenvalue weighted by molar-refractivity contribution is 5.58. The van der Waals surface area contributed by atoms with Gasteiger partial charge in [-0.15, -0.1) is 0 Å². The number of aromatic nitrogens is 2. The minimum Gasteiger partial charge on any atom is -0.238 e. The summed E-state index contributed by atoms with van der Waals surface area (Å²) in [4.78, 5) is 0. The smallest absolute Gasteiger partial charge is 0.0642 e. The summed E-state index contributed by atoms with van der Waals surface area (Å²) in [5.41, 5.74) is 3.06. The molecule has 0 aromatic carbocycles. The summed E-state index contributed by atoms with van der Waals surface area (Å²) in [5.74, 6) is 0. The second kappa shape index (κ2) is 3.90. The van der Waals surface area contributed by atoms with Crippen molar-refractivity contribution in [3.63, 3.8) is 0 Å². The van der Waals surface area contributed by atoms with E-state index in [0.29, 0.717) is 0 Å². The minimum absolute atomic E-state index is 0.945. The predicted octanol–water partition coefficient (Wildman–Crippen LogP) is 2.71. The Labute approximate surface area is 78.9 Å². The summed E-state index contributed by atoms with van der Waals surface area (Å²) in [7, 11) is 0. The first kappa shape index (κ1) is 9.52. The maximum Gasteiger partial charge on any atom is 0.0642 e. The average Bonchev–Trinajstić information content (AvgIpc) is 2.41. The van der Waals surface area contributed by atoms with Crippen molar-refractivity contribution in [1.29, 1.82) is 0 Å². The van der Waals surface area contributed by atoms with Crippen molar-refractivity contribution in [3.8, 4) is 0 Å². The standard InChI is InChI=1S/C11H14N2/c1-5-7-11(6-2)13-10(4)8-9(3)12-13/h5-8H,1-2H2,3-4H3/b11-7+. The van der Waals surface area contributed by atoms with Crippen LogP contribution >= 0.6 is 0 Å². The molecule has 0 radical (unpaired) electrons. The molecule has 1 aromatic heterocycles. The van der Waals surface area contributed by atoms with Crippen molar-refractivity contribution in [2.75, 3.05) is 0 Å². The van der Waals surface area contributed by atoms with E-state index in [1.54, 1.807) is 12.2 Å².